The summed E-state index contributed by atoms with van der Waals surface area (Å²) in [5.41, 5.74) is 0. The second-order valence-corrected chi connectivity index (χ2v) is 11.8. The van der Waals surface area contributed by atoms with Crippen molar-refractivity contribution in [2.75, 3.05) is 65.0 Å². The van der Waals surface area contributed by atoms with E-state index in [1.54, 1.807) is 0 Å². The number of likely N-dealkylation sites (tertiary alicyclic amines) is 1. The first-order chi connectivity index (χ1) is 11.1. The molecule has 1 atom stereocenters. The van der Waals surface area contributed by atoms with Crippen molar-refractivity contribution in [3.63, 3.8) is 0 Å². The largest absolute Gasteiger partial charge is 1.00 e. The molecule has 7 nitrogen and oxygen atoms in total. The van der Waals surface area contributed by atoms with Crippen molar-refractivity contribution in [2.24, 2.45) is 0 Å². The Bertz CT molecular complexity index is 415. The van der Waals surface area contributed by atoms with Gasteiger partial charge in [-0.1, -0.05) is 6.42 Å². The molecule has 0 aromatic heterocycles. The smallest absolute Gasteiger partial charge is 0.798 e. The Kier molecular flexibility index (Phi) is 8.91. The van der Waals surface area contributed by atoms with Crippen molar-refractivity contribution in [3.8, 4) is 0 Å². The second kappa shape index (κ2) is 9.94. The molecule has 0 aliphatic carbocycles. The summed E-state index contributed by atoms with van der Waals surface area (Å²) in [6, 6.07) is 0.390. The molecule has 10 heteroatoms. The van der Waals surface area contributed by atoms with Crippen LogP contribution in [0.5, 0.6) is 0 Å². The van der Waals surface area contributed by atoms with Gasteiger partial charge in [0.05, 0.1) is 19.8 Å². The van der Waals surface area contributed by atoms with Crippen LogP contribution in [0, 0.1) is 0 Å². The molecule has 134 valence electrons. The number of hydrogen-bond acceptors (Lipinski definition) is 7. The van der Waals surface area contributed by atoms with Crippen LogP contribution >= 0.6 is 7.37 Å². The molecular weight excluding hydrogens is 358 g/mol. The molecule has 0 N–H and O–H groups in total. The number of rotatable bonds is 5. The molecule has 0 amide bonds. The number of hydrogen-bond donors (Lipinski definition) is 0. The summed E-state index contributed by atoms with van der Waals surface area (Å²) in [6.45, 7) is 6.14. The average molecular weight is 386 g/mol. The molecular formula is C14H28N2NaO5PSi. The van der Waals surface area contributed by atoms with E-state index in [1.807, 2.05) is 0 Å². The summed E-state index contributed by atoms with van der Waals surface area (Å²) in [5, 5.41) is 0. The fourth-order valence-electron chi connectivity index (χ4n) is 3.45. The van der Waals surface area contributed by atoms with Crippen LogP contribution in [0.25, 0.3) is 0 Å². The first-order valence-corrected chi connectivity index (χ1v) is 12.7. The molecule has 4 saturated heterocycles. The minimum Gasteiger partial charge on any atom is -0.798 e. The average Bonchev–Trinajstić information content (AvgIpc) is 2.45. The summed E-state index contributed by atoms with van der Waals surface area (Å²) in [4.78, 5) is 16.8. The molecule has 0 saturated carbocycles. The molecule has 4 rings (SSSR count). The zero-order valence-corrected chi connectivity index (χ0v) is 18.7. The van der Waals surface area contributed by atoms with Crippen LogP contribution in [-0.2, 0) is 17.8 Å². The third-order valence-corrected chi connectivity index (χ3v) is 9.76. The van der Waals surface area contributed by atoms with Crippen molar-refractivity contribution in [3.05, 3.63) is 0 Å². The minimum atomic E-state index is -3.45. The topological polar surface area (TPSA) is 74.3 Å². The summed E-state index contributed by atoms with van der Waals surface area (Å²) >= 11 is 0. The van der Waals surface area contributed by atoms with Crippen LogP contribution in [0.15, 0.2) is 0 Å². The molecule has 4 heterocycles. The van der Waals surface area contributed by atoms with Gasteiger partial charge in [0, 0.05) is 39.3 Å². The first kappa shape index (κ1) is 21.5. The van der Waals surface area contributed by atoms with E-state index in [1.165, 1.54) is 6.42 Å². The number of fused-ring (bicyclic) bond motifs is 6. The van der Waals surface area contributed by atoms with E-state index in [0.717, 1.165) is 45.6 Å². The molecule has 0 radical (unpaired) electrons. The minimum absolute atomic E-state index is 0. The maximum Gasteiger partial charge on any atom is 1.00 e. The Labute approximate surface area is 168 Å². The molecule has 4 aliphatic rings. The van der Waals surface area contributed by atoms with Crippen molar-refractivity contribution < 1.29 is 52.3 Å². The van der Waals surface area contributed by atoms with Crippen molar-refractivity contribution in [1.82, 2.24) is 9.80 Å². The van der Waals surface area contributed by atoms with Gasteiger partial charge in [0.25, 0.3) is 0 Å². The molecule has 1 unspecified atom stereocenters. The predicted molar refractivity (Wildman–Crippen MR) is 87.6 cm³/mol. The summed E-state index contributed by atoms with van der Waals surface area (Å²) in [6.07, 6.45) is 3.72. The van der Waals surface area contributed by atoms with Crippen LogP contribution in [0.1, 0.15) is 19.3 Å². The Hall–Kier alpha value is 1.21. The third-order valence-electron chi connectivity index (χ3n) is 4.81. The van der Waals surface area contributed by atoms with Crippen LogP contribution in [0.2, 0.25) is 6.04 Å². The normalized spacial score (nSPS) is 34.5. The maximum absolute atomic E-state index is 12.5. The van der Waals surface area contributed by atoms with E-state index in [4.69, 9.17) is 13.3 Å². The van der Waals surface area contributed by atoms with Crippen LogP contribution < -0.4 is 34.5 Å². The Morgan fingerprint density at radius 3 is 2.00 bits per heavy atom. The molecule has 0 spiro atoms. The summed E-state index contributed by atoms with van der Waals surface area (Å²) in [5.74, 6) is 0. The SMILES string of the molecule is O=P([O-])(CC[Si]12OCCN(CCO1)CCO2)CN1CCCCC1.[Na+]. The molecule has 0 aromatic rings. The fourth-order valence-corrected chi connectivity index (χ4v) is 8.83. The van der Waals surface area contributed by atoms with Gasteiger partial charge >= 0.3 is 38.4 Å². The molecule has 0 aromatic carbocycles. The van der Waals surface area contributed by atoms with Crippen molar-refractivity contribution >= 4 is 16.2 Å². The standard InChI is InChI=1S/C14H29N2O5PSi.Na/c17-22(18,14-16-4-2-1-3-5-16)12-13-23-19-9-6-15(7-10-20-23)8-11-21-23;/h1-14H2,(H,17,18);/q;+1/p-1. The Balaban J connectivity index is 0.00000208. The summed E-state index contributed by atoms with van der Waals surface area (Å²) < 4.78 is 30.2. The third kappa shape index (κ3) is 6.42. The van der Waals surface area contributed by atoms with Gasteiger partial charge in [0.2, 0.25) is 0 Å². The molecule has 24 heavy (non-hydrogen) atoms. The van der Waals surface area contributed by atoms with Gasteiger partial charge in [-0.15, -0.1) is 0 Å². The monoisotopic (exact) mass is 386 g/mol. The zero-order chi connectivity index (χ0) is 16.2. The Morgan fingerprint density at radius 2 is 1.46 bits per heavy atom. The maximum atomic E-state index is 12.5. The van der Waals surface area contributed by atoms with Gasteiger partial charge < -0.3 is 22.7 Å². The van der Waals surface area contributed by atoms with Crippen LogP contribution in [0.3, 0.4) is 0 Å². The van der Waals surface area contributed by atoms with Gasteiger partial charge in [0.1, 0.15) is 0 Å². The van der Waals surface area contributed by atoms with Gasteiger partial charge in [-0.2, -0.15) is 0 Å². The van der Waals surface area contributed by atoms with Gasteiger partial charge in [-0.25, -0.2) is 0 Å². The van der Waals surface area contributed by atoms with Crippen molar-refractivity contribution in [1.29, 1.82) is 0 Å². The van der Waals surface area contributed by atoms with Crippen LogP contribution in [-0.4, -0.2) is 83.6 Å². The molecule has 4 aliphatic heterocycles. The number of nitrogens with zero attached hydrogens (tertiary/aromatic N) is 2. The van der Waals surface area contributed by atoms with E-state index in [0.29, 0.717) is 25.9 Å². The molecule has 4 fully saturated rings. The fraction of sp³-hybridized carbons (Fsp3) is 1.00. The Morgan fingerprint density at radius 1 is 0.917 bits per heavy atom. The second-order valence-electron chi connectivity index (χ2n) is 6.68. The predicted octanol–water partition coefficient (Wildman–Crippen LogP) is -2.61. The van der Waals surface area contributed by atoms with E-state index in [9.17, 15) is 9.46 Å². The van der Waals surface area contributed by atoms with Crippen LogP contribution in [0.4, 0.5) is 0 Å². The summed E-state index contributed by atoms with van der Waals surface area (Å²) in [7, 11) is -6.27. The van der Waals surface area contributed by atoms with E-state index in [2.05, 4.69) is 9.80 Å². The first-order valence-electron chi connectivity index (χ1n) is 8.73. The van der Waals surface area contributed by atoms with Crippen molar-refractivity contribution in [2.45, 2.75) is 25.3 Å². The number of piperidine rings is 1. The van der Waals surface area contributed by atoms with E-state index in [-0.39, 0.29) is 42.0 Å². The quantitative estimate of drug-likeness (QED) is 0.379. The van der Waals surface area contributed by atoms with Gasteiger partial charge in [-0.3, -0.25) is 9.80 Å². The molecule has 2 bridgehead atoms. The zero-order valence-electron chi connectivity index (χ0n) is 14.8. The van der Waals surface area contributed by atoms with E-state index < -0.39 is 16.2 Å². The van der Waals surface area contributed by atoms with Gasteiger partial charge in [-0.05, 0) is 32.1 Å². The van der Waals surface area contributed by atoms with E-state index >= 15 is 0 Å². The van der Waals surface area contributed by atoms with Gasteiger partial charge in [0.15, 0.2) is 0 Å².